The molecule has 0 aliphatic carbocycles. The summed E-state index contributed by atoms with van der Waals surface area (Å²) in [5, 5.41) is 5.72. The van der Waals surface area contributed by atoms with Gasteiger partial charge in [0.2, 0.25) is 5.91 Å². The normalized spacial score (nSPS) is 12.9. The Morgan fingerprint density at radius 1 is 1.67 bits per heavy atom. The summed E-state index contributed by atoms with van der Waals surface area (Å²) in [7, 11) is 0. The third-order valence-electron chi connectivity index (χ3n) is 2.13. The summed E-state index contributed by atoms with van der Waals surface area (Å²) in [6, 6.07) is -0.440. The van der Waals surface area contributed by atoms with Gasteiger partial charge in [0.1, 0.15) is 0 Å². The summed E-state index contributed by atoms with van der Waals surface area (Å²) in [6.45, 7) is 6.26. The zero-order valence-corrected chi connectivity index (χ0v) is 10.1. The molecular formula is C10H17N3OS. The van der Waals surface area contributed by atoms with E-state index in [1.807, 2.05) is 26.2 Å². The van der Waals surface area contributed by atoms with Crippen LogP contribution in [0.15, 0.2) is 5.38 Å². The van der Waals surface area contributed by atoms with Crippen LogP contribution < -0.4 is 11.1 Å². The highest BCUT2D eigenvalue weighted by molar-refractivity contribution is 7.09. The molecule has 1 atom stereocenters. The van der Waals surface area contributed by atoms with Gasteiger partial charge in [-0.25, -0.2) is 4.98 Å². The van der Waals surface area contributed by atoms with Crippen LogP contribution in [0.4, 0.5) is 0 Å². The number of nitrogens with zero attached hydrogens (tertiary/aromatic N) is 1. The van der Waals surface area contributed by atoms with Gasteiger partial charge in [-0.3, -0.25) is 4.79 Å². The first kappa shape index (κ1) is 12.1. The second kappa shape index (κ2) is 5.23. The highest BCUT2D eigenvalue weighted by atomic mass is 32.1. The van der Waals surface area contributed by atoms with Crippen LogP contribution in [-0.2, 0) is 11.3 Å². The SMILES string of the molecule is Cc1nc(CNC(=O)[C@@H](N)C(C)C)cs1. The molecule has 0 unspecified atom stereocenters. The monoisotopic (exact) mass is 227 g/mol. The third kappa shape index (κ3) is 3.60. The van der Waals surface area contributed by atoms with Crippen molar-refractivity contribution in [2.75, 3.05) is 0 Å². The molecule has 1 amide bonds. The van der Waals surface area contributed by atoms with Crippen molar-refractivity contribution in [3.63, 3.8) is 0 Å². The Morgan fingerprint density at radius 2 is 2.33 bits per heavy atom. The Bertz CT molecular complexity index is 335. The lowest BCUT2D eigenvalue weighted by Gasteiger charge is -2.14. The maximum absolute atomic E-state index is 11.5. The third-order valence-corrected chi connectivity index (χ3v) is 2.95. The molecule has 0 saturated heterocycles. The largest absolute Gasteiger partial charge is 0.349 e. The van der Waals surface area contributed by atoms with Gasteiger partial charge in [0.15, 0.2) is 0 Å². The van der Waals surface area contributed by atoms with Gasteiger partial charge < -0.3 is 11.1 Å². The van der Waals surface area contributed by atoms with E-state index in [0.717, 1.165) is 10.7 Å². The Labute approximate surface area is 93.9 Å². The van der Waals surface area contributed by atoms with Gasteiger partial charge in [0.05, 0.1) is 23.3 Å². The smallest absolute Gasteiger partial charge is 0.237 e. The summed E-state index contributed by atoms with van der Waals surface area (Å²) in [4.78, 5) is 15.8. The quantitative estimate of drug-likeness (QED) is 0.808. The molecule has 15 heavy (non-hydrogen) atoms. The molecule has 1 rings (SSSR count). The minimum Gasteiger partial charge on any atom is -0.349 e. The molecule has 0 aromatic carbocycles. The van der Waals surface area contributed by atoms with Crippen molar-refractivity contribution in [3.8, 4) is 0 Å². The molecule has 0 radical (unpaired) electrons. The fourth-order valence-electron chi connectivity index (χ4n) is 1.09. The fourth-order valence-corrected chi connectivity index (χ4v) is 1.70. The number of aryl methyl sites for hydroxylation is 1. The number of hydrogen-bond donors (Lipinski definition) is 2. The summed E-state index contributed by atoms with van der Waals surface area (Å²) < 4.78 is 0. The van der Waals surface area contributed by atoms with Crippen molar-refractivity contribution in [2.45, 2.75) is 33.4 Å². The summed E-state index contributed by atoms with van der Waals surface area (Å²) in [5.74, 6) is 0.0397. The van der Waals surface area contributed by atoms with Crippen molar-refractivity contribution >= 4 is 17.2 Å². The van der Waals surface area contributed by atoms with E-state index in [1.165, 1.54) is 0 Å². The molecule has 0 aliphatic heterocycles. The highest BCUT2D eigenvalue weighted by Crippen LogP contribution is 2.07. The minimum absolute atomic E-state index is 0.115. The van der Waals surface area contributed by atoms with Gasteiger partial charge in [-0.15, -0.1) is 11.3 Å². The average Bonchev–Trinajstić information content (AvgIpc) is 2.59. The minimum atomic E-state index is -0.440. The van der Waals surface area contributed by atoms with Crippen LogP contribution >= 0.6 is 11.3 Å². The Hall–Kier alpha value is -0.940. The van der Waals surface area contributed by atoms with E-state index >= 15 is 0 Å². The molecule has 4 nitrogen and oxygen atoms in total. The van der Waals surface area contributed by atoms with Gasteiger partial charge in [-0.2, -0.15) is 0 Å². The topological polar surface area (TPSA) is 68.0 Å². The molecule has 0 spiro atoms. The second-order valence-corrected chi connectivity index (χ2v) is 4.91. The molecule has 1 aromatic rings. The molecule has 0 fully saturated rings. The molecular weight excluding hydrogens is 210 g/mol. The van der Waals surface area contributed by atoms with Gasteiger partial charge in [-0.1, -0.05) is 13.8 Å². The van der Waals surface area contributed by atoms with E-state index in [4.69, 9.17) is 5.73 Å². The van der Waals surface area contributed by atoms with Gasteiger partial charge >= 0.3 is 0 Å². The molecule has 5 heteroatoms. The van der Waals surface area contributed by atoms with E-state index in [0.29, 0.717) is 6.54 Å². The average molecular weight is 227 g/mol. The molecule has 3 N–H and O–H groups in total. The van der Waals surface area contributed by atoms with E-state index in [2.05, 4.69) is 10.3 Å². The number of aromatic nitrogens is 1. The number of nitrogens with one attached hydrogen (secondary N) is 1. The lowest BCUT2D eigenvalue weighted by molar-refractivity contribution is -0.123. The first-order valence-corrected chi connectivity index (χ1v) is 5.83. The number of carbonyl (C=O) groups excluding carboxylic acids is 1. The van der Waals surface area contributed by atoms with Gasteiger partial charge in [0.25, 0.3) is 0 Å². The molecule has 1 aromatic heterocycles. The standard InChI is InChI=1S/C10H17N3OS/c1-6(2)9(11)10(14)12-4-8-5-15-7(3)13-8/h5-6,9H,4,11H2,1-3H3,(H,12,14)/t9-/m0/s1. The zero-order valence-electron chi connectivity index (χ0n) is 9.28. The van der Waals surface area contributed by atoms with Crippen LogP contribution in [0.5, 0.6) is 0 Å². The maximum Gasteiger partial charge on any atom is 0.237 e. The van der Waals surface area contributed by atoms with Crippen LogP contribution in [0.3, 0.4) is 0 Å². The molecule has 0 bridgehead atoms. The van der Waals surface area contributed by atoms with Crippen molar-refractivity contribution in [1.82, 2.24) is 10.3 Å². The van der Waals surface area contributed by atoms with E-state index in [9.17, 15) is 4.79 Å². The van der Waals surface area contributed by atoms with E-state index < -0.39 is 6.04 Å². The van der Waals surface area contributed by atoms with Crippen LogP contribution in [0, 0.1) is 12.8 Å². The van der Waals surface area contributed by atoms with Crippen LogP contribution in [0.1, 0.15) is 24.5 Å². The number of hydrogen-bond acceptors (Lipinski definition) is 4. The predicted molar refractivity (Wildman–Crippen MR) is 61.5 cm³/mol. The maximum atomic E-state index is 11.5. The lowest BCUT2D eigenvalue weighted by Crippen LogP contribution is -2.43. The lowest BCUT2D eigenvalue weighted by atomic mass is 10.1. The number of rotatable bonds is 4. The molecule has 84 valence electrons. The highest BCUT2D eigenvalue weighted by Gasteiger charge is 2.16. The molecule has 0 saturated carbocycles. The van der Waals surface area contributed by atoms with Gasteiger partial charge in [0, 0.05) is 5.38 Å². The van der Waals surface area contributed by atoms with Crippen LogP contribution in [0.2, 0.25) is 0 Å². The Kier molecular flexibility index (Phi) is 4.23. The first-order valence-electron chi connectivity index (χ1n) is 4.95. The number of carbonyl (C=O) groups is 1. The number of amides is 1. The Morgan fingerprint density at radius 3 is 2.80 bits per heavy atom. The van der Waals surface area contributed by atoms with Crippen molar-refractivity contribution in [3.05, 3.63) is 16.1 Å². The van der Waals surface area contributed by atoms with Crippen LogP contribution in [0.25, 0.3) is 0 Å². The second-order valence-electron chi connectivity index (χ2n) is 3.85. The number of nitrogens with two attached hydrogens (primary N) is 1. The number of thiazole rings is 1. The van der Waals surface area contributed by atoms with Crippen molar-refractivity contribution in [2.24, 2.45) is 11.7 Å². The van der Waals surface area contributed by atoms with Gasteiger partial charge in [-0.05, 0) is 12.8 Å². The van der Waals surface area contributed by atoms with Crippen molar-refractivity contribution in [1.29, 1.82) is 0 Å². The van der Waals surface area contributed by atoms with E-state index in [-0.39, 0.29) is 11.8 Å². The predicted octanol–water partition coefficient (Wildman–Crippen LogP) is 1.05. The molecule has 0 aliphatic rings. The van der Waals surface area contributed by atoms with Crippen molar-refractivity contribution < 1.29 is 4.79 Å². The van der Waals surface area contributed by atoms with Crippen LogP contribution in [-0.4, -0.2) is 16.9 Å². The summed E-state index contributed by atoms with van der Waals surface area (Å²) in [5.41, 5.74) is 6.59. The summed E-state index contributed by atoms with van der Waals surface area (Å²) in [6.07, 6.45) is 0. The fraction of sp³-hybridized carbons (Fsp3) is 0.600. The first-order chi connectivity index (χ1) is 7.00. The summed E-state index contributed by atoms with van der Waals surface area (Å²) >= 11 is 1.58. The zero-order chi connectivity index (χ0) is 11.4. The molecule has 1 heterocycles. The van der Waals surface area contributed by atoms with E-state index in [1.54, 1.807) is 11.3 Å². The Balaban J connectivity index is 2.40.